The molecule has 0 atom stereocenters. The van der Waals surface area contributed by atoms with Crippen LogP contribution in [0.2, 0.25) is 0 Å². The van der Waals surface area contributed by atoms with E-state index >= 15 is 0 Å². The Balaban J connectivity index is 2.14. The van der Waals surface area contributed by atoms with Crippen molar-refractivity contribution >= 4 is 11.8 Å². The van der Waals surface area contributed by atoms with E-state index in [0.717, 1.165) is 32.5 Å². The Bertz CT molecular complexity index is 275. The summed E-state index contributed by atoms with van der Waals surface area (Å²) in [6.45, 7) is 5.59. The molecule has 0 radical (unpaired) electrons. The van der Waals surface area contributed by atoms with Gasteiger partial charge in [-0.3, -0.25) is 14.5 Å². The number of hydrogen-bond acceptors (Lipinski definition) is 4. The highest BCUT2D eigenvalue weighted by molar-refractivity contribution is 5.78. The number of piperidine rings is 1. The van der Waals surface area contributed by atoms with Crippen molar-refractivity contribution in [3.05, 3.63) is 0 Å². The number of likely N-dealkylation sites (tertiary alicyclic amines) is 1. The molecular weight excluding hydrogens is 232 g/mol. The fourth-order valence-corrected chi connectivity index (χ4v) is 2.11. The first-order chi connectivity index (χ1) is 8.61. The highest BCUT2D eigenvalue weighted by atomic mass is 16.2. The predicted octanol–water partition coefficient (Wildman–Crippen LogP) is -1.09. The van der Waals surface area contributed by atoms with Gasteiger partial charge in [0.25, 0.3) is 0 Å². The lowest BCUT2D eigenvalue weighted by molar-refractivity contribution is -0.122. The molecule has 104 valence electrons. The van der Waals surface area contributed by atoms with Gasteiger partial charge in [0.15, 0.2) is 0 Å². The van der Waals surface area contributed by atoms with Crippen molar-refractivity contribution in [3.8, 4) is 0 Å². The second-order valence-corrected chi connectivity index (χ2v) is 4.80. The molecule has 4 N–H and O–H groups in total. The lowest BCUT2D eigenvalue weighted by Gasteiger charge is -2.31. The maximum Gasteiger partial charge on any atom is 0.234 e. The average molecular weight is 256 g/mol. The maximum absolute atomic E-state index is 11.5. The van der Waals surface area contributed by atoms with Gasteiger partial charge in [0.2, 0.25) is 11.8 Å². The summed E-state index contributed by atoms with van der Waals surface area (Å²) in [5.74, 6) is 0.608. The minimum Gasteiger partial charge on any atom is -0.356 e. The van der Waals surface area contributed by atoms with E-state index < -0.39 is 0 Å². The van der Waals surface area contributed by atoms with E-state index in [4.69, 9.17) is 5.73 Å². The van der Waals surface area contributed by atoms with Crippen molar-refractivity contribution in [2.75, 3.05) is 39.3 Å². The van der Waals surface area contributed by atoms with E-state index in [1.807, 2.05) is 0 Å². The highest BCUT2D eigenvalue weighted by Gasteiger charge is 2.20. The normalized spacial score (nSPS) is 17.4. The van der Waals surface area contributed by atoms with Crippen molar-refractivity contribution in [2.24, 2.45) is 11.7 Å². The molecule has 1 heterocycles. The van der Waals surface area contributed by atoms with Gasteiger partial charge in [-0.05, 0) is 31.8 Å². The molecule has 0 aromatic carbocycles. The van der Waals surface area contributed by atoms with Crippen molar-refractivity contribution in [2.45, 2.75) is 19.8 Å². The zero-order chi connectivity index (χ0) is 13.4. The third-order valence-corrected chi connectivity index (χ3v) is 3.18. The molecule has 1 saturated heterocycles. The Hall–Kier alpha value is -1.14. The lowest BCUT2D eigenvalue weighted by atomic mass is 9.97. The van der Waals surface area contributed by atoms with Crippen molar-refractivity contribution in [1.29, 1.82) is 0 Å². The predicted molar refractivity (Wildman–Crippen MR) is 69.9 cm³/mol. The fourth-order valence-electron chi connectivity index (χ4n) is 2.11. The average Bonchev–Trinajstić information content (AvgIpc) is 2.35. The van der Waals surface area contributed by atoms with Crippen LogP contribution < -0.4 is 16.4 Å². The van der Waals surface area contributed by atoms with Crippen LogP contribution in [-0.2, 0) is 9.59 Å². The van der Waals surface area contributed by atoms with Gasteiger partial charge in [-0.15, -0.1) is 0 Å². The number of nitrogens with zero attached hydrogens (tertiary/aromatic N) is 1. The molecule has 1 aliphatic rings. The summed E-state index contributed by atoms with van der Waals surface area (Å²) in [7, 11) is 0. The topological polar surface area (TPSA) is 87.5 Å². The first-order valence-corrected chi connectivity index (χ1v) is 6.55. The highest BCUT2D eigenvalue weighted by Crippen LogP contribution is 2.15. The minimum atomic E-state index is 0.0265. The van der Waals surface area contributed by atoms with Gasteiger partial charge in [0.05, 0.1) is 6.54 Å². The molecule has 2 amide bonds. The molecule has 0 saturated carbocycles. The smallest absolute Gasteiger partial charge is 0.234 e. The summed E-state index contributed by atoms with van der Waals surface area (Å²) in [4.78, 5) is 24.5. The molecule has 0 aromatic rings. The first-order valence-electron chi connectivity index (χ1n) is 6.55. The summed E-state index contributed by atoms with van der Waals surface area (Å²) in [6, 6.07) is 0. The molecule has 0 unspecified atom stereocenters. The second-order valence-electron chi connectivity index (χ2n) is 4.80. The minimum absolute atomic E-state index is 0.0265. The Morgan fingerprint density at radius 3 is 2.50 bits per heavy atom. The van der Waals surface area contributed by atoms with Crippen LogP contribution in [0.15, 0.2) is 0 Å². The van der Waals surface area contributed by atoms with Crippen molar-refractivity contribution < 1.29 is 9.59 Å². The van der Waals surface area contributed by atoms with Gasteiger partial charge >= 0.3 is 0 Å². The Morgan fingerprint density at radius 1 is 1.28 bits per heavy atom. The number of carbonyl (C=O) groups excluding carboxylic acids is 2. The molecule has 1 fully saturated rings. The van der Waals surface area contributed by atoms with E-state index in [0.29, 0.717) is 25.6 Å². The molecule has 1 aliphatic heterocycles. The molecule has 0 spiro atoms. The van der Waals surface area contributed by atoms with Gasteiger partial charge < -0.3 is 16.4 Å². The molecule has 0 aromatic heterocycles. The molecule has 0 bridgehead atoms. The lowest BCUT2D eigenvalue weighted by Crippen LogP contribution is -2.44. The Labute approximate surface area is 108 Å². The zero-order valence-corrected chi connectivity index (χ0v) is 11.1. The maximum atomic E-state index is 11.5. The fraction of sp³-hybridized carbons (Fsp3) is 0.833. The summed E-state index contributed by atoms with van der Waals surface area (Å²) in [6.07, 6.45) is 2.06. The SMILES string of the molecule is CC(=O)NCC1CCN(CC(=O)NCCN)CC1. The van der Waals surface area contributed by atoms with Crippen LogP contribution in [0.3, 0.4) is 0 Å². The van der Waals surface area contributed by atoms with Crippen LogP contribution in [0.5, 0.6) is 0 Å². The quantitative estimate of drug-likeness (QED) is 0.563. The van der Waals surface area contributed by atoms with E-state index in [1.165, 1.54) is 6.92 Å². The standard InChI is InChI=1S/C12H24N4O2/c1-10(17)15-8-11-2-6-16(7-3-11)9-12(18)14-5-4-13/h11H,2-9,13H2,1H3,(H,14,18)(H,15,17). The number of carbonyl (C=O) groups is 2. The second kappa shape index (κ2) is 8.05. The number of rotatable bonds is 6. The van der Waals surface area contributed by atoms with Crippen LogP contribution in [0.4, 0.5) is 0 Å². The van der Waals surface area contributed by atoms with Crippen molar-refractivity contribution in [1.82, 2.24) is 15.5 Å². The summed E-state index contributed by atoms with van der Waals surface area (Å²) in [5, 5.41) is 5.62. The van der Waals surface area contributed by atoms with Crippen LogP contribution in [0, 0.1) is 5.92 Å². The summed E-state index contributed by atoms with van der Waals surface area (Å²) >= 11 is 0. The number of nitrogens with one attached hydrogen (secondary N) is 2. The summed E-state index contributed by atoms with van der Waals surface area (Å²) < 4.78 is 0. The molecule has 6 heteroatoms. The van der Waals surface area contributed by atoms with Crippen molar-refractivity contribution in [3.63, 3.8) is 0 Å². The molecule has 6 nitrogen and oxygen atoms in total. The monoisotopic (exact) mass is 256 g/mol. The van der Waals surface area contributed by atoms with E-state index in [-0.39, 0.29) is 11.8 Å². The van der Waals surface area contributed by atoms with Gasteiger partial charge in [0.1, 0.15) is 0 Å². The van der Waals surface area contributed by atoms with E-state index in [9.17, 15) is 9.59 Å². The molecule has 0 aliphatic carbocycles. The number of hydrogen-bond donors (Lipinski definition) is 3. The molecule has 18 heavy (non-hydrogen) atoms. The van der Waals surface area contributed by atoms with Gasteiger partial charge in [0, 0.05) is 26.6 Å². The first kappa shape index (κ1) is 14.9. The third-order valence-electron chi connectivity index (χ3n) is 3.18. The Morgan fingerprint density at radius 2 is 1.94 bits per heavy atom. The molecule has 1 rings (SSSR count). The van der Waals surface area contributed by atoms with Crippen LogP contribution in [0.1, 0.15) is 19.8 Å². The van der Waals surface area contributed by atoms with E-state index in [2.05, 4.69) is 15.5 Å². The van der Waals surface area contributed by atoms with E-state index in [1.54, 1.807) is 0 Å². The third kappa shape index (κ3) is 5.97. The van der Waals surface area contributed by atoms with Gasteiger partial charge in [-0.25, -0.2) is 0 Å². The van der Waals surface area contributed by atoms with Crippen LogP contribution >= 0.6 is 0 Å². The number of amides is 2. The Kier molecular flexibility index (Phi) is 6.67. The van der Waals surface area contributed by atoms with Crippen LogP contribution in [0.25, 0.3) is 0 Å². The number of nitrogens with two attached hydrogens (primary N) is 1. The van der Waals surface area contributed by atoms with Gasteiger partial charge in [-0.2, -0.15) is 0 Å². The van der Waals surface area contributed by atoms with Crippen LogP contribution in [-0.4, -0.2) is 56.0 Å². The van der Waals surface area contributed by atoms with Gasteiger partial charge in [-0.1, -0.05) is 0 Å². The largest absolute Gasteiger partial charge is 0.356 e. The molecular formula is C12H24N4O2. The summed E-state index contributed by atoms with van der Waals surface area (Å²) in [5.41, 5.74) is 5.32. The zero-order valence-electron chi connectivity index (χ0n) is 11.1.